The maximum atomic E-state index is 12.9. The van der Waals surface area contributed by atoms with Crippen LogP contribution in [0.3, 0.4) is 0 Å². The van der Waals surface area contributed by atoms with Crippen LogP contribution in [0.2, 0.25) is 0 Å². The minimum atomic E-state index is -0.577. The highest BCUT2D eigenvalue weighted by Gasteiger charge is 2.40. The molecule has 138 valence electrons. The Morgan fingerprint density at radius 1 is 0.962 bits per heavy atom. The number of hydrogen-bond acceptors (Lipinski definition) is 3. The smallest absolute Gasteiger partial charge is 0.239 e. The molecule has 0 aromatic heterocycles. The van der Waals surface area contributed by atoms with Gasteiger partial charge in [0.15, 0.2) is 0 Å². The zero-order valence-electron chi connectivity index (χ0n) is 15.2. The fourth-order valence-corrected chi connectivity index (χ4v) is 4.35. The maximum Gasteiger partial charge on any atom is 0.239 e. The molecule has 3 amide bonds. The van der Waals surface area contributed by atoms with Crippen molar-refractivity contribution in [1.29, 1.82) is 0 Å². The summed E-state index contributed by atoms with van der Waals surface area (Å²) in [6.07, 6.45) is 3.95. The van der Waals surface area contributed by atoms with Crippen LogP contribution in [0, 0.1) is 5.92 Å². The number of benzene rings is 1. The molecule has 0 spiro atoms. The van der Waals surface area contributed by atoms with Crippen LogP contribution in [0.25, 0.3) is 0 Å². The Morgan fingerprint density at radius 2 is 1.65 bits per heavy atom. The maximum absolute atomic E-state index is 12.9. The lowest BCUT2D eigenvalue weighted by Gasteiger charge is -2.35. The average Bonchev–Trinajstić information content (AvgIpc) is 3.26. The average molecular weight is 355 g/mol. The molecule has 0 saturated carbocycles. The van der Waals surface area contributed by atoms with Gasteiger partial charge in [0, 0.05) is 45.3 Å². The van der Waals surface area contributed by atoms with E-state index in [1.807, 2.05) is 6.07 Å². The summed E-state index contributed by atoms with van der Waals surface area (Å²) in [5.74, 6) is -0.701. The van der Waals surface area contributed by atoms with Crippen LogP contribution in [0.4, 0.5) is 5.69 Å². The zero-order chi connectivity index (χ0) is 18.3. The summed E-state index contributed by atoms with van der Waals surface area (Å²) in [7, 11) is 0. The summed E-state index contributed by atoms with van der Waals surface area (Å²) in [6.45, 7) is 4.28. The molecule has 1 atom stereocenters. The van der Waals surface area contributed by atoms with Gasteiger partial charge in [-0.15, -0.1) is 0 Å². The number of carbonyl (C=O) groups is 3. The minimum Gasteiger partial charge on any atom is -0.339 e. The summed E-state index contributed by atoms with van der Waals surface area (Å²) in [5.41, 5.74) is 3.65. The van der Waals surface area contributed by atoms with Gasteiger partial charge in [-0.05, 0) is 48.9 Å². The summed E-state index contributed by atoms with van der Waals surface area (Å²) in [5, 5.41) is 0. The van der Waals surface area contributed by atoms with Crippen LogP contribution in [0.15, 0.2) is 18.2 Å². The van der Waals surface area contributed by atoms with Gasteiger partial charge in [0.25, 0.3) is 0 Å². The van der Waals surface area contributed by atoms with Crippen LogP contribution in [-0.4, -0.2) is 60.2 Å². The Hall–Kier alpha value is -2.37. The zero-order valence-corrected chi connectivity index (χ0v) is 15.2. The molecule has 2 fully saturated rings. The number of rotatable bonds is 2. The Kier molecular flexibility index (Phi) is 4.42. The highest BCUT2D eigenvalue weighted by Crippen LogP contribution is 2.31. The van der Waals surface area contributed by atoms with Gasteiger partial charge in [-0.1, -0.05) is 6.07 Å². The van der Waals surface area contributed by atoms with Crippen molar-refractivity contribution in [2.45, 2.75) is 32.6 Å². The number of aryl methyl sites for hydroxylation is 2. The van der Waals surface area contributed by atoms with Gasteiger partial charge < -0.3 is 14.7 Å². The first kappa shape index (κ1) is 17.1. The van der Waals surface area contributed by atoms with E-state index in [0.29, 0.717) is 39.1 Å². The largest absolute Gasteiger partial charge is 0.339 e. The monoisotopic (exact) mass is 355 g/mol. The summed E-state index contributed by atoms with van der Waals surface area (Å²) < 4.78 is 0. The highest BCUT2D eigenvalue weighted by atomic mass is 16.2. The molecule has 1 aromatic carbocycles. The van der Waals surface area contributed by atoms with E-state index in [9.17, 15) is 14.4 Å². The van der Waals surface area contributed by atoms with E-state index < -0.39 is 5.92 Å². The first-order valence-electron chi connectivity index (χ1n) is 9.52. The van der Waals surface area contributed by atoms with Crippen molar-refractivity contribution < 1.29 is 14.4 Å². The van der Waals surface area contributed by atoms with Crippen molar-refractivity contribution in [3.63, 3.8) is 0 Å². The van der Waals surface area contributed by atoms with Gasteiger partial charge in [0.1, 0.15) is 5.92 Å². The minimum absolute atomic E-state index is 0.0387. The van der Waals surface area contributed by atoms with Crippen LogP contribution in [0.1, 0.15) is 30.9 Å². The molecule has 2 saturated heterocycles. The molecule has 0 bridgehead atoms. The van der Waals surface area contributed by atoms with Crippen molar-refractivity contribution >= 4 is 23.4 Å². The number of hydrogen-bond donors (Lipinski definition) is 0. The van der Waals surface area contributed by atoms with E-state index >= 15 is 0 Å². The lowest BCUT2D eigenvalue weighted by molar-refractivity contribution is -0.144. The molecule has 2 heterocycles. The predicted octanol–water partition coefficient (Wildman–Crippen LogP) is 1.22. The number of piperazine rings is 1. The molecular weight excluding hydrogens is 330 g/mol. The van der Waals surface area contributed by atoms with Crippen LogP contribution in [0.5, 0.6) is 0 Å². The normalized spacial score (nSPS) is 22.7. The van der Waals surface area contributed by atoms with Crippen molar-refractivity contribution in [2.24, 2.45) is 5.92 Å². The molecule has 0 radical (unpaired) electrons. The third-order valence-corrected chi connectivity index (χ3v) is 5.93. The van der Waals surface area contributed by atoms with Gasteiger partial charge in [0.2, 0.25) is 17.7 Å². The molecule has 1 aliphatic carbocycles. The number of fused-ring (bicyclic) bond motifs is 1. The second-order valence-electron chi connectivity index (χ2n) is 7.47. The lowest BCUT2D eigenvalue weighted by Crippen LogP contribution is -2.52. The van der Waals surface area contributed by atoms with Crippen LogP contribution < -0.4 is 4.90 Å². The van der Waals surface area contributed by atoms with E-state index in [1.165, 1.54) is 17.5 Å². The van der Waals surface area contributed by atoms with Crippen LogP contribution >= 0.6 is 0 Å². The van der Waals surface area contributed by atoms with E-state index in [1.54, 1.807) is 21.6 Å². The predicted molar refractivity (Wildman–Crippen MR) is 97.8 cm³/mol. The molecule has 3 aliphatic rings. The standard InChI is InChI=1S/C20H25N3O3/c1-14(24)21-9-11-22(12-10-21)19(25)18-7-8-23(20(18)26)17-6-5-15-3-2-4-16(15)13-17/h5-6,13,18H,2-4,7-12H2,1H3. The third-order valence-electron chi connectivity index (χ3n) is 5.93. The topological polar surface area (TPSA) is 60.9 Å². The summed E-state index contributed by atoms with van der Waals surface area (Å²) >= 11 is 0. The fourth-order valence-electron chi connectivity index (χ4n) is 4.35. The number of carbonyl (C=O) groups excluding carboxylic acids is 3. The molecule has 0 N–H and O–H groups in total. The van der Waals surface area contributed by atoms with E-state index in [0.717, 1.165) is 18.5 Å². The Bertz CT molecular complexity index is 753. The van der Waals surface area contributed by atoms with E-state index in [4.69, 9.17) is 0 Å². The summed E-state index contributed by atoms with van der Waals surface area (Å²) in [4.78, 5) is 42.4. The van der Waals surface area contributed by atoms with Gasteiger partial charge in [-0.2, -0.15) is 0 Å². The Morgan fingerprint density at radius 3 is 2.38 bits per heavy atom. The quantitative estimate of drug-likeness (QED) is 0.750. The molecule has 26 heavy (non-hydrogen) atoms. The molecule has 2 aliphatic heterocycles. The number of nitrogens with zero attached hydrogens (tertiary/aromatic N) is 3. The van der Waals surface area contributed by atoms with Crippen molar-refractivity contribution in [1.82, 2.24) is 9.80 Å². The lowest BCUT2D eigenvalue weighted by atomic mass is 10.1. The van der Waals surface area contributed by atoms with E-state index in [-0.39, 0.29) is 17.7 Å². The molecule has 6 heteroatoms. The molecule has 1 aromatic rings. The van der Waals surface area contributed by atoms with E-state index in [2.05, 4.69) is 12.1 Å². The van der Waals surface area contributed by atoms with Gasteiger partial charge in [-0.3, -0.25) is 14.4 Å². The fraction of sp³-hybridized carbons (Fsp3) is 0.550. The van der Waals surface area contributed by atoms with Gasteiger partial charge in [0.05, 0.1) is 0 Å². The molecule has 4 rings (SSSR count). The first-order valence-corrected chi connectivity index (χ1v) is 9.52. The Balaban J connectivity index is 1.42. The second kappa shape index (κ2) is 6.74. The van der Waals surface area contributed by atoms with Gasteiger partial charge in [-0.25, -0.2) is 0 Å². The second-order valence-corrected chi connectivity index (χ2v) is 7.47. The molecular formula is C20H25N3O3. The third kappa shape index (κ3) is 2.97. The SMILES string of the molecule is CC(=O)N1CCN(C(=O)C2CCN(c3ccc4c(c3)CCC4)C2=O)CC1. The van der Waals surface area contributed by atoms with Crippen molar-refractivity contribution in [3.05, 3.63) is 29.3 Å². The summed E-state index contributed by atoms with van der Waals surface area (Å²) in [6, 6.07) is 6.26. The van der Waals surface area contributed by atoms with Crippen molar-refractivity contribution in [2.75, 3.05) is 37.6 Å². The first-order chi connectivity index (χ1) is 12.5. The Labute approximate surface area is 153 Å². The van der Waals surface area contributed by atoms with Gasteiger partial charge >= 0.3 is 0 Å². The molecule has 6 nitrogen and oxygen atoms in total. The number of anilines is 1. The van der Waals surface area contributed by atoms with Crippen LogP contribution in [-0.2, 0) is 27.2 Å². The highest BCUT2D eigenvalue weighted by molar-refractivity contribution is 6.09. The van der Waals surface area contributed by atoms with Crippen molar-refractivity contribution in [3.8, 4) is 0 Å². The molecule has 1 unspecified atom stereocenters. The number of amides is 3.